The van der Waals surface area contributed by atoms with Crippen molar-refractivity contribution < 1.29 is 24.2 Å². The van der Waals surface area contributed by atoms with E-state index in [0.29, 0.717) is 23.4 Å². The van der Waals surface area contributed by atoms with E-state index < -0.39 is 11.8 Å². The van der Waals surface area contributed by atoms with Gasteiger partial charge in [-0.15, -0.1) is 0 Å². The fraction of sp³-hybridized carbons (Fsp3) is 0.0938. The van der Waals surface area contributed by atoms with Gasteiger partial charge >= 0.3 is 0 Å². The van der Waals surface area contributed by atoms with Crippen LogP contribution in [0.15, 0.2) is 109 Å². The smallest absolute Gasteiger partial charge is 0.272 e. The lowest BCUT2D eigenvalue weighted by atomic mass is 10.1. The van der Waals surface area contributed by atoms with E-state index >= 15 is 0 Å². The maximum absolute atomic E-state index is 13.2. The summed E-state index contributed by atoms with van der Waals surface area (Å²) in [5, 5.41) is 18.3. The standard InChI is InChI=1S/C32H29N3O5/c1-40-29-19-24(14-17-28(29)36)18-27(35-31(38)25-10-6-3-7-11-25)32(39)34-26-15-12-22(13-16-26)20-30(37)33-21-23-8-4-2-5-9-23/h2-19,36H,20-21H2,1H3,(H,33,37)(H,34,39)(H,35,38)/b27-18-. The zero-order chi connectivity index (χ0) is 28.3. The van der Waals surface area contributed by atoms with Crippen molar-refractivity contribution in [2.75, 3.05) is 12.4 Å². The van der Waals surface area contributed by atoms with Gasteiger partial charge in [-0.25, -0.2) is 0 Å². The number of carbonyl (C=O) groups excluding carboxylic acids is 3. The molecule has 0 aromatic heterocycles. The van der Waals surface area contributed by atoms with E-state index in [-0.39, 0.29) is 29.5 Å². The molecule has 4 aromatic carbocycles. The summed E-state index contributed by atoms with van der Waals surface area (Å²) >= 11 is 0. The largest absolute Gasteiger partial charge is 0.504 e. The molecule has 0 spiro atoms. The van der Waals surface area contributed by atoms with Crippen LogP contribution in [0.2, 0.25) is 0 Å². The number of amides is 3. The fourth-order valence-electron chi connectivity index (χ4n) is 3.84. The third-order valence-corrected chi connectivity index (χ3v) is 5.95. The number of rotatable bonds is 10. The molecule has 8 nitrogen and oxygen atoms in total. The summed E-state index contributed by atoms with van der Waals surface area (Å²) in [4.78, 5) is 38.4. The Morgan fingerprint density at radius 2 is 1.50 bits per heavy atom. The SMILES string of the molecule is COc1cc(/C=C(\NC(=O)c2ccccc2)C(=O)Nc2ccc(CC(=O)NCc3ccccc3)cc2)ccc1O. The third-order valence-electron chi connectivity index (χ3n) is 5.95. The van der Waals surface area contributed by atoms with Gasteiger partial charge in [0.2, 0.25) is 5.91 Å². The van der Waals surface area contributed by atoms with Gasteiger partial charge in [0.15, 0.2) is 11.5 Å². The van der Waals surface area contributed by atoms with E-state index in [1.54, 1.807) is 66.7 Å². The topological polar surface area (TPSA) is 117 Å². The van der Waals surface area contributed by atoms with Crippen molar-refractivity contribution in [2.24, 2.45) is 0 Å². The molecule has 0 aliphatic rings. The number of anilines is 1. The van der Waals surface area contributed by atoms with E-state index in [4.69, 9.17) is 4.74 Å². The molecule has 40 heavy (non-hydrogen) atoms. The minimum atomic E-state index is -0.551. The van der Waals surface area contributed by atoms with E-state index in [1.807, 2.05) is 30.3 Å². The van der Waals surface area contributed by atoms with Crippen molar-refractivity contribution in [3.8, 4) is 11.5 Å². The summed E-state index contributed by atoms with van der Waals surface area (Å²) in [6.45, 7) is 0.449. The Labute approximate surface area is 232 Å². The van der Waals surface area contributed by atoms with Crippen molar-refractivity contribution >= 4 is 29.5 Å². The van der Waals surface area contributed by atoms with Crippen LogP contribution in [-0.2, 0) is 22.6 Å². The van der Waals surface area contributed by atoms with Gasteiger partial charge in [0.25, 0.3) is 11.8 Å². The van der Waals surface area contributed by atoms with Gasteiger partial charge in [0, 0.05) is 17.8 Å². The highest BCUT2D eigenvalue weighted by atomic mass is 16.5. The number of nitrogens with one attached hydrogen (secondary N) is 3. The van der Waals surface area contributed by atoms with Crippen molar-refractivity contribution in [1.29, 1.82) is 0 Å². The molecule has 0 fully saturated rings. The predicted molar refractivity (Wildman–Crippen MR) is 154 cm³/mol. The average molecular weight is 536 g/mol. The predicted octanol–water partition coefficient (Wildman–Crippen LogP) is 4.67. The molecule has 0 atom stereocenters. The van der Waals surface area contributed by atoms with Crippen LogP contribution < -0.4 is 20.7 Å². The van der Waals surface area contributed by atoms with Crippen molar-refractivity contribution in [1.82, 2.24) is 10.6 Å². The van der Waals surface area contributed by atoms with Gasteiger partial charge in [0.05, 0.1) is 13.5 Å². The first-order chi connectivity index (χ1) is 19.4. The molecular formula is C32H29N3O5. The number of phenolic OH excluding ortho intramolecular Hbond substituents is 1. The maximum atomic E-state index is 13.2. The number of methoxy groups -OCH3 is 1. The summed E-state index contributed by atoms with van der Waals surface area (Å²) in [5.41, 5.74) is 3.20. The van der Waals surface area contributed by atoms with Crippen LogP contribution in [0, 0.1) is 0 Å². The molecule has 0 saturated heterocycles. The molecule has 0 saturated carbocycles. The van der Waals surface area contributed by atoms with E-state index in [0.717, 1.165) is 11.1 Å². The Bertz CT molecular complexity index is 1500. The molecular weight excluding hydrogens is 506 g/mol. The molecule has 0 aliphatic heterocycles. The first-order valence-electron chi connectivity index (χ1n) is 12.6. The number of carbonyl (C=O) groups is 3. The number of aromatic hydroxyl groups is 1. The Hall–Kier alpha value is -5.37. The van der Waals surface area contributed by atoms with Crippen molar-refractivity contribution in [3.63, 3.8) is 0 Å². The van der Waals surface area contributed by atoms with Gasteiger partial charge in [-0.05, 0) is 59.2 Å². The molecule has 3 amide bonds. The monoisotopic (exact) mass is 535 g/mol. The van der Waals surface area contributed by atoms with E-state index in [9.17, 15) is 19.5 Å². The number of ether oxygens (including phenoxy) is 1. The zero-order valence-corrected chi connectivity index (χ0v) is 21.9. The number of hydrogen-bond acceptors (Lipinski definition) is 5. The molecule has 8 heteroatoms. The molecule has 4 rings (SSSR count). The number of benzene rings is 4. The molecule has 202 valence electrons. The summed E-state index contributed by atoms with van der Waals surface area (Å²) in [7, 11) is 1.42. The number of phenols is 1. The average Bonchev–Trinajstić information content (AvgIpc) is 2.98. The van der Waals surface area contributed by atoms with Crippen LogP contribution in [0.5, 0.6) is 11.5 Å². The summed E-state index contributed by atoms with van der Waals surface area (Å²) in [5.74, 6) is -0.938. The minimum Gasteiger partial charge on any atom is -0.504 e. The highest BCUT2D eigenvalue weighted by Crippen LogP contribution is 2.27. The molecule has 0 unspecified atom stereocenters. The summed E-state index contributed by atoms with van der Waals surface area (Å²) in [6.07, 6.45) is 1.69. The molecule has 0 aliphatic carbocycles. The normalized spacial score (nSPS) is 10.9. The van der Waals surface area contributed by atoms with Gasteiger partial charge in [-0.1, -0.05) is 66.7 Å². The van der Waals surface area contributed by atoms with Crippen LogP contribution in [0.3, 0.4) is 0 Å². The highest BCUT2D eigenvalue weighted by Gasteiger charge is 2.16. The van der Waals surface area contributed by atoms with Crippen molar-refractivity contribution in [2.45, 2.75) is 13.0 Å². The van der Waals surface area contributed by atoms with Crippen LogP contribution in [0.25, 0.3) is 6.08 Å². The Kier molecular flexibility index (Phi) is 9.29. The summed E-state index contributed by atoms with van der Waals surface area (Å²) in [6, 6.07) is 29.7. The lowest BCUT2D eigenvalue weighted by molar-refractivity contribution is -0.120. The van der Waals surface area contributed by atoms with Crippen LogP contribution in [0.1, 0.15) is 27.0 Å². The second kappa shape index (κ2) is 13.4. The molecule has 4 aromatic rings. The molecule has 0 bridgehead atoms. The minimum absolute atomic E-state index is 0.00837. The first-order valence-corrected chi connectivity index (χ1v) is 12.6. The third kappa shape index (κ3) is 7.82. The Morgan fingerprint density at radius 1 is 0.825 bits per heavy atom. The quantitative estimate of drug-likeness (QED) is 0.220. The van der Waals surface area contributed by atoms with Crippen molar-refractivity contribution in [3.05, 3.63) is 131 Å². The van der Waals surface area contributed by atoms with E-state index in [2.05, 4.69) is 16.0 Å². The zero-order valence-electron chi connectivity index (χ0n) is 21.9. The Balaban J connectivity index is 1.45. The van der Waals surface area contributed by atoms with Crippen LogP contribution >= 0.6 is 0 Å². The van der Waals surface area contributed by atoms with Gasteiger partial charge < -0.3 is 25.8 Å². The summed E-state index contributed by atoms with van der Waals surface area (Å²) < 4.78 is 5.15. The number of hydrogen-bond donors (Lipinski definition) is 4. The Morgan fingerprint density at radius 3 is 2.17 bits per heavy atom. The second-order valence-electron chi connectivity index (χ2n) is 8.90. The molecule has 4 N–H and O–H groups in total. The van der Waals surface area contributed by atoms with E-state index in [1.165, 1.54) is 19.3 Å². The lowest BCUT2D eigenvalue weighted by Gasteiger charge is -2.12. The lowest BCUT2D eigenvalue weighted by Crippen LogP contribution is -2.30. The fourth-order valence-corrected chi connectivity index (χ4v) is 3.84. The second-order valence-corrected chi connectivity index (χ2v) is 8.90. The first kappa shape index (κ1) is 27.7. The molecule has 0 heterocycles. The maximum Gasteiger partial charge on any atom is 0.272 e. The van der Waals surface area contributed by atoms with Gasteiger partial charge in [-0.2, -0.15) is 0 Å². The van der Waals surface area contributed by atoms with Crippen LogP contribution in [0.4, 0.5) is 5.69 Å². The van der Waals surface area contributed by atoms with Gasteiger partial charge in [-0.3, -0.25) is 14.4 Å². The highest BCUT2D eigenvalue weighted by molar-refractivity contribution is 6.10. The molecule has 0 radical (unpaired) electrons. The van der Waals surface area contributed by atoms with Crippen LogP contribution in [-0.4, -0.2) is 29.9 Å². The van der Waals surface area contributed by atoms with Gasteiger partial charge in [0.1, 0.15) is 5.70 Å².